The lowest BCUT2D eigenvalue weighted by molar-refractivity contribution is -0.126. The lowest BCUT2D eigenvalue weighted by atomic mass is 10.4. The summed E-state index contributed by atoms with van der Waals surface area (Å²) in [6, 6.07) is 0. The molecule has 0 bridgehead atoms. The second-order valence-electron chi connectivity index (χ2n) is 4.57. The fourth-order valence-electron chi connectivity index (χ4n) is 1.55. The highest BCUT2D eigenvalue weighted by atomic mass is 16.2. The maximum Gasteiger partial charge on any atom is 0.222 e. The molecule has 0 aromatic rings. The third-order valence-electron chi connectivity index (χ3n) is 2.47. The van der Waals surface area contributed by atoms with Gasteiger partial charge in [0.1, 0.15) is 11.6 Å². The van der Waals surface area contributed by atoms with Crippen LogP contribution in [0.2, 0.25) is 0 Å². The summed E-state index contributed by atoms with van der Waals surface area (Å²) >= 11 is 0. The lowest BCUT2D eigenvalue weighted by Crippen LogP contribution is -2.17. The van der Waals surface area contributed by atoms with Gasteiger partial charge in [0.05, 0.1) is 0 Å². The van der Waals surface area contributed by atoms with Crippen molar-refractivity contribution < 1.29 is 14.4 Å². The van der Waals surface area contributed by atoms with E-state index in [1.807, 2.05) is 7.05 Å². The first-order chi connectivity index (χ1) is 7.93. The number of carbonyl (C=O) groups excluding carboxylic acids is 3. The Hall–Kier alpha value is -1.19. The van der Waals surface area contributed by atoms with Crippen molar-refractivity contribution in [1.82, 2.24) is 4.90 Å². The molecule has 4 heteroatoms. The average Bonchev–Trinajstić information content (AvgIpc) is 2.80. The molecule has 1 saturated carbocycles. The van der Waals surface area contributed by atoms with Crippen LogP contribution in [0.15, 0.2) is 0 Å². The summed E-state index contributed by atoms with van der Waals surface area (Å²) in [5.74, 6) is 0.912. The van der Waals surface area contributed by atoms with Crippen LogP contribution in [0.4, 0.5) is 0 Å². The Labute approximate surface area is 103 Å². The van der Waals surface area contributed by atoms with Crippen molar-refractivity contribution in [3.63, 3.8) is 0 Å². The molecule has 1 saturated heterocycles. The van der Waals surface area contributed by atoms with Gasteiger partial charge in [-0.1, -0.05) is 0 Å². The van der Waals surface area contributed by atoms with Gasteiger partial charge in [-0.3, -0.25) is 9.59 Å². The molecule has 1 aliphatic carbocycles. The third-order valence-corrected chi connectivity index (χ3v) is 2.47. The minimum Gasteiger partial charge on any atom is -0.346 e. The van der Waals surface area contributed by atoms with E-state index in [9.17, 15) is 14.4 Å². The first-order valence-electron chi connectivity index (χ1n) is 6.16. The van der Waals surface area contributed by atoms with E-state index in [1.54, 1.807) is 4.90 Å². The Balaban J connectivity index is 0.000000236. The maximum atomic E-state index is 10.5. The summed E-state index contributed by atoms with van der Waals surface area (Å²) in [5.41, 5.74) is 0. The quantitative estimate of drug-likeness (QED) is 0.651. The van der Waals surface area contributed by atoms with Crippen LogP contribution in [0, 0.1) is 0 Å². The number of carbonyl (C=O) groups is 3. The van der Waals surface area contributed by atoms with Gasteiger partial charge in [0.15, 0.2) is 0 Å². The van der Waals surface area contributed by atoms with E-state index in [2.05, 4.69) is 0 Å². The fraction of sp³-hybridized carbons (Fsp3) is 0.769. The predicted molar refractivity (Wildman–Crippen MR) is 66.7 cm³/mol. The van der Waals surface area contributed by atoms with Gasteiger partial charge in [-0.2, -0.15) is 0 Å². The highest BCUT2D eigenvalue weighted by Gasteiger charge is 2.14. The molecule has 17 heavy (non-hydrogen) atoms. The van der Waals surface area contributed by atoms with Gasteiger partial charge in [0, 0.05) is 32.9 Å². The molecule has 0 aromatic carbocycles. The zero-order valence-electron chi connectivity index (χ0n) is 11.1. The van der Waals surface area contributed by atoms with Gasteiger partial charge in [-0.15, -0.1) is 0 Å². The van der Waals surface area contributed by atoms with Gasteiger partial charge in [0.2, 0.25) is 5.91 Å². The minimum atomic E-state index is 0.167. The molecule has 4 nitrogen and oxygen atoms in total. The molecule has 1 amide bonds. The van der Waals surface area contributed by atoms with E-state index >= 15 is 0 Å². The average molecular weight is 241 g/mol. The van der Waals surface area contributed by atoms with Crippen LogP contribution in [-0.2, 0) is 14.4 Å². The number of nitrogens with zero attached hydrogens (tertiary/aromatic N) is 1. The highest BCUT2D eigenvalue weighted by molar-refractivity contribution is 5.80. The molecule has 0 aromatic heterocycles. The largest absolute Gasteiger partial charge is 0.346 e. The van der Waals surface area contributed by atoms with Gasteiger partial charge in [0.25, 0.3) is 0 Å². The zero-order chi connectivity index (χ0) is 13.3. The lowest BCUT2D eigenvalue weighted by Gasteiger charge is -2.03. The van der Waals surface area contributed by atoms with Crippen LogP contribution >= 0.6 is 0 Å². The molecule has 0 N–H and O–H groups in total. The molecule has 0 atom stereocenters. The topological polar surface area (TPSA) is 54.5 Å². The van der Waals surface area contributed by atoms with Crippen LogP contribution in [0.1, 0.15) is 52.4 Å². The molecular formula is C13H23NO3. The maximum absolute atomic E-state index is 10.5. The third kappa shape index (κ3) is 9.72. The van der Waals surface area contributed by atoms with Crippen LogP contribution < -0.4 is 0 Å². The normalized spacial score (nSPS) is 18.2. The van der Waals surface area contributed by atoms with Crippen molar-refractivity contribution in [2.75, 3.05) is 13.6 Å². The number of likely N-dealkylation sites (tertiary alicyclic amines) is 1. The summed E-state index contributed by atoms with van der Waals surface area (Å²) < 4.78 is 0. The predicted octanol–water partition coefficient (Wildman–Crippen LogP) is 1.96. The summed E-state index contributed by atoms with van der Waals surface area (Å²) in [6.07, 6.45) is 5.78. The first kappa shape index (κ1) is 15.8. The van der Waals surface area contributed by atoms with Crippen molar-refractivity contribution in [2.24, 2.45) is 0 Å². The number of rotatable bonds is 0. The number of hydrogen-bond donors (Lipinski definition) is 0. The van der Waals surface area contributed by atoms with Crippen molar-refractivity contribution in [2.45, 2.75) is 52.4 Å². The summed E-state index contributed by atoms with van der Waals surface area (Å²) in [5, 5.41) is 0. The Morgan fingerprint density at radius 3 is 1.59 bits per heavy atom. The molecule has 1 aliphatic heterocycles. The Kier molecular flexibility index (Phi) is 8.28. The van der Waals surface area contributed by atoms with E-state index < -0.39 is 0 Å². The Morgan fingerprint density at radius 2 is 1.47 bits per heavy atom. The second kappa shape index (κ2) is 8.90. The van der Waals surface area contributed by atoms with E-state index in [0.717, 1.165) is 45.1 Å². The Morgan fingerprint density at radius 1 is 1.00 bits per heavy atom. The fourth-order valence-corrected chi connectivity index (χ4v) is 1.55. The smallest absolute Gasteiger partial charge is 0.222 e. The molecule has 2 rings (SSSR count). The standard InChI is InChI=1S/C5H9NO.C5H8O.C3H6O/c1-6-4-2-3-5(6)7;6-5-3-1-2-4-5;1-3(2)4/h2-4H2,1H3;1-4H2;1-2H3. The molecule has 2 fully saturated rings. The van der Waals surface area contributed by atoms with E-state index in [0.29, 0.717) is 11.7 Å². The number of ketones is 2. The molecule has 0 spiro atoms. The zero-order valence-corrected chi connectivity index (χ0v) is 11.1. The number of amides is 1. The number of hydrogen-bond acceptors (Lipinski definition) is 3. The van der Waals surface area contributed by atoms with Gasteiger partial charge >= 0.3 is 0 Å². The van der Waals surface area contributed by atoms with E-state index in [-0.39, 0.29) is 5.78 Å². The van der Waals surface area contributed by atoms with Gasteiger partial charge < -0.3 is 9.69 Å². The number of Topliss-reactive ketones (excluding diaryl/α,β-unsaturated/α-hetero) is 2. The second-order valence-corrected chi connectivity index (χ2v) is 4.57. The van der Waals surface area contributed by atoms with Gasteiger partial charge in [-0.05, 0) is 33.1 Å². The van der Waals surface area contributed by atoms with Crippen LogP contribution in [-0.4, -0.2) is 36.0 Å². The van der Waals surface area contributed by atoms with Crippen molar-refractivity contribution >= 4 is 17.5 Å². The molecular weight excluding hydrogens is 218 g/mol. The summed E-state index contributed by atoms with van der Waals surface area (Å²) in [4.78, 5) is 32.0. The first-order valence-corrected chi connectivity index (χ1v) is 6.16. The minimum absolute atomic E-state index is 0.167. The van der Waals surface area contributed by atoms with Crippen molar-refractivity contribution in [1.29, 1.82) is 0 Å². The van der Waals surface area contributed by atoms with Crippen LogP contribution in [0.25, 0.3) is 0 Å². The van der Waals surface area contributed by atoms with E-state index in [1.165, 1.54) is 13.8 Å². The summed E-state index contributed by atoms with van der Waals surface area (Å²) in [7, 11) is 1.84. The van der Waals surface area contributed by atoms with Crippen molar-refractivity contribution in [3.05, 3.63) is 0 Å². The van der Waals surface area contributed by atoms with E-state index in [4.69, 9.17) is 0 Å². The molecule has 0 radical (unpaired) electrons. The SMILES string of the molecule is CC(C)=O.CN1CCCC1=O.O=C1CCCC1. The molecule has 0 unspecified atom stereocenters. The molecule has 1 heterocycles. The monoisotopic (exact) mass is 241 g/mol. The van der Waals surface area contributed by atoms with Crippen molar-refractivity contribution in [3.8, 4) is 0 Å². The highest BCUT2D eigenvalue weighted by Crippen LogP contribution is 2.11. The summed E-state index contributed by atoms with van der Waals surface area (Å²) in [6.45, 7) is 4.01. The Bertz CT molecular complexity index is 262. The van der Waals surface area contributed by atoms with Crippen LogP contribution in [0.3, 0.4) is 0 Å². The van der Waals surface area contributed by atoms with Crippen LogP contribution in [0.5, 0.6) is 0 Å². The van der Waals surface area contributed by atoms with Gasteiger partial charge in [-0.25, -0.2) is 0 Å². The molecule has 2 aliphatic rings. The molecule has 98 valence electrons.